The fourth-order valence-electron chi connectivity index (χ4n) is 0. The lowest BCUT2D eigenvalue weighted by Crippen LogP contribution is -1.98. The van der Waals surface area contributed by atoms with E-state index < -0.39 is 7.40 Å². The van der Waals surface area contributed by atoms with Gasteiger partial charge in [-0.1, -0.05) is 0 Å². The lowest BCUT2D eigenvalue weighted by atomic mass is 10.3. The first-order valence-electron chi connectivity index (χ1n) is 0.735. The molecule has 0 saturated carbocycles. The van der Waals surface area contributed by atoms with Crippen LogP contribution in [0.3, 0.4) is 0 Å². The van der Waals surface area contributed by atoms with Gasteiger partial charge in [0.1, 0.15) is 0 Å². The van der Waals surface area contributed by atoms with Crippen LogP contribution in [0, 0.1) is 0 Å². The highest BCUT2D eigenvalue weighted by Crippen LogP contribution is 1.57. The zero-order chi connectivity index (χ0) is 3.58. The molecule has 0 spiro atoms. The van der Waals surface area contributed by atoms with Gasteiger partial charge in [0.05, 0.1) is 0 Å². The van der Waals surface area contributed by atoms with E-state index in [1.54, 1.807) is 0 Å². The Hall–Kier alpha value is 0.615. The first-order chi connectivity index (χ1) is 1.73. The standard InChI is InChI=1S/BFH2O2.2H2S/c2-1(3)4;;/h3-4H;2*1H2. The Labute approximate surface area is 49.5 Å². The SMILES string of the molecule is OB(O)F.S.S. The van der Waals surface area contributed by atoms with Crippen LogP contribution in [-0.4, -0.2) is 17.4 Å². The number of hydrogen-bond acceptors (Lipinski definition) is 2. The minimum Gasteiger partial charge on any atom is -0.398 e. The Morgan fingerprint density at radius 1 is 1.17 bits per heavy atom. The van der Waals surface area contributed by atoms with Crippen molar-refractivity contribution < 1.29 is 14.4 Å². The van der Waals surface area contributed by atoms with Crippen molar-refractivity contribution in [1.29, 1.82) is 0 Å². The van der Waals surface area contributed by atoms with Crippen molar-refractivity contribution in [1.82, 2.24) is 0 Å². The summed E-state index contributed by atoms with van der Waals surface area (Å²) in [5, 5.41) is 13.9. The molecule has 0 bridgehead atoms. The van der Waals surface area contributed by atoms with Crippen LogP contribution in [0.5, 0.6) is 0 Å². The summed E-state index contributed by atoms with van der Waals surface area (Å²) in [4.78, 5) is 0. The summed E-state index contributed by atoms with van der Waals surface area (Å²) in [6.07, 6.45) is 0. The largest absolute Gasteiger partial charge is 0.674 e. The number of hydrogen-bond donors (Lipinski definition) is 2. The molecule has 0 aromatic carbocycles. The molecule has 0 atom stereocenters. The molecule has 0 saturated heterocycles. The van der Waals surface area contributed by atoms with E-state index in [-0.39, 0.29) is 27.0 Å². The van der Waals surface area contributed by atoms with E-state index in [0.29, 0.717) is 0 Å². The Bertz CT molecular complexity index is 16.3. The van der Waals surface area contributed by atoms with Crippen molar-refractivity contribution in [2.75, 3.05) is 0 Å². The molecular weight excluding hydrogens is 126 g/mol. The molecule has 0 aromatic heterocycles. The molecule has 6 heteroatoms. The molecule has 2 N–H and O–H groups in total. The predicted molar refractivity (Wildman–Crippen MR) is 32.1 cm³/mol. The van der Waals surface area contributed by atoms with Crippen molar-refractivity contribution in [3.05, 3.63) is 0 Å². The second kappa shape index (κ2) is 9.15. The summed E-state index contributed by atoms with van der Waals surface area (Å²) >= 11 is 0. The van der Waals surface area contributed by atoms with E-state index in [1.807, 2.05) is 0 Å². The predicted octanol–water partition coefficient (Wildman–Crippen LogP) is -0.849. The number of rotatable bonds is 0. The van der Waals surface area contributed by atoms with Gasteiger partial charge < -0.3 is 10.0 Å². The second-order valence-electron chi connectivity index (χ2n) is 0.311. The van der Waals surface area contributed by atoms with Crippen molar-refractivity contribution in [3.63, 3.8) is 0 Å². The topological polar surface area (TPSA) is 40.5 Å². The van der Waals surface area contributed by atoms with E-state index in [2.05, 4.69) is 0 Å². The first-order valence-corrected chi connectivity index (χ1v) is 0.735. The molecule has 2 nitrogen and oxygen atoms in total. The van der Waals surface area contributed by atoms with Gasteiger partial charge >= 0.3 is 7.40 Å². The highest BCUT2D eigenvalue weighted by Gasteiger charge is 1.97. The lowest BCUT2D eigenvalue weighted by Gasteiger charge is -1.65. The van der Waals surface area contributed by atoms with E-state index in [4.69, 9.17) is 10.0 Å². The molecule has 0 aliphatic heterocycles. The van der Waals surface area contributed by atoms with Crippen molar-refractivity contribution in [2.24, 2.45) is 0 Å². The van der Waals surface area contributed by atoms with Crippen LogP contribution in [0.25, 0.3) is 0 Å². The molecule has 0 unspecified atom stereocenters. The van der Waals surface area contributed by atoms with E-state index in [9.17, 15) is 4.32 Å². The minimum atomic E-state index is -2.67. The molecule has 40 valence electrons. The monoisotopic (exact) mass is 132 g/mol. The third kappa shape index (κ3) is 159. The van der Waals surface area contributed by atoms with Gasteiger partial charge in [-0.2, -0.15) is 27.0 Å². The van der Waals surface area contributed by atoms with Crippen molar-refractivity contribution in [2.45, 2.75) is 0 Å². The molecule has 0 rings (SSSR count). The highest BCUT2D eigenvalue weighted by molar-refractivity contribution is 7.59. The molecule has 0 aliphatic carbocycles. The molecule has 0 aliphatic rings. The molecule has 0 radical (unpaired) electrons. The maximum Gasteiger partial charge on any atom is 0.674 e. The van der Waals surface area contributed by atoms with Gasteiger partial charge in [-0.05, 0) is 0 Å². The van der Waals surface area contributed by atoms with Crippen LogP contribution >= 0.6 is 27.0 Å². The molecule has 0 heterocycles. The smallest absolute Gasteiger partial charge is 0.398 e. The molecule has 0 aromatic rings. The average Bonchev–Trinajstić information content (AvgIpc) is 0.811. The second-order valence-corrected chi connectivity index (χ2v) is 0.311. The fourth-order valence-corrected chi connectivity index (χ4v) is 0. The van der Waals surface area contributed by atoms with E-state index in [1.165, 1.54) is 0 Å². The van der Waals surface area contributed by atoms with Crippen LogP contribution in [0.4, 0.5) is 4.32 Å². The number of halogens is 1. The van der Waals surface area contributed by atoms with Gasteiger partial charge in [-0.3, -0.25) is 4.32 Å². The Morgan fingerprint density at radius 3 is 1.17 bits per heavy atom. The zero-order valence-electron chi connectivity index (χ0n) is 2.85. The molecule has 0 fully saturated rings. The highest BCUT2D eigenvalue weighted by atomic mass is 32.1. The Morgan fingerprint density at radius 2 is 1.17 bits per heavy atom. The van der Waals surface area contributed by atoms with Crippen LogP contribution in [0.15, 0.2) is 0 Å². The summed E-state index contributed by atoms with van der Waals surface area (Å²) in [5.41, 5.74) is 0. The van der Waals surface area contributed by atoms with Crippen LogP contribution in [0.2, 0.25) is 0 Å². The van der Waals surface area contributed by atoms with Gasteiger partial charge in [0, 0.05) is 0 Å². The molecule has 0 amide bonds. The summed E-state index contributed by atoms with van der Waals surface area (Å²) in [6.45, 7) is 0. The van der Waals surface area contributed by atoms with E-state index >= 15 is 0 Å². The van der Waals surface area contributed by atoms with Crippen LogP contribution in [-0.2, 0) is 0 Å². The van der Waals surface area contributed by atoms with E-state index in [0.717, 1.165) is 0 Å². The van der Waals surface area contributed by atoms with Crippen molar-refractivity contribution in [3.8, 4) is 0 Å². The first kappa shape index (κ1) is 16.0. The van der Waals surface area contributed by atoms with Gasteiger partial charge in [0.25, 0.3) is 0 Å². The summed E-state index contributed by atoms with van der Waals surface area (Å²) in [7, 11) is -2.67. The summed E-state index contributed by atoms with van der Waals surface area (Å²) in [5.74, 6) is 0. The van der Waals surface area contributed by atoms with Crippen molar-refractivity contribution >= 4 is 34.4 Å². The Balaban J connectivity index is -0.0000000450. The zero-order valence-corrected chi connectivity index (χ0v) is 4.85. The quantitative estimate of drug-likeness (QED) is 0.421. The third-order valence-corrected chi connectivity index (χ3v) is 0. The maximum atomic E-state index is 10.1. The van der Waals surface area contributed by atoms with Gasteiger partial charge in [-0.15, -0.1) is 0 Å². The minimum absolute atomic E-state index is 0. The molecule has 6 heavy (non-hydrogen) atoms. The lowest BCUT2D eigenvalue weighted by molar-refractivity contribution is 0.340. The summed E-state index contributed by atoms with van der Waals surface area (Å²) in [6, 6.07) is 0. The van der Waals surface area contributed by atoms with Gasteiger partial charge in [-0.25, -0.2) is 0 Å². The van der Waals surface area contributed by atoms with Gasteiger partial charge in [0.2, 0.25) is 0 Å². The normalized spacial score (nSPS) is 4.50. The molecular formula is H6BFO2S2. The Kier molecular flexibility index (Phi) is 24.3. The third-order valence-electron chi connectivity index (χ3n) is 0. The van der Waals surface area contributed by atoms with Crippen LogP contribution in [0.1, 0.15) is 0 Å². The summed E-state index contributed by atoms with van der Waals surface area (Å²) < 4.78 is 10.1. The average molecular weight is 132 g/mol. The maximum absolute atomic E-state index is 10.1. The fraction of sp³-hybridized carbons (Fsp3) is 0. The van der Waals surface area contributed by atoms with Crippen LogP contribution < -0.4 is 0 Å². The van der Waals surface area contributed by atoms with Gasteiger partial charge in [0.15, 0.2) is 0 Å².